The number of anilines is 1. The molecule has 4 nitrogen and oxygen atoms in total. The second-order valence-electron chi connectivity index (χ2n) is 5.97. The van der Waals surface area contributed by atoms with E-state index in [1.807, 2.05) is 12.1 Å². The number of halogens is 2. The van der Waals surface area contributed by atoms with Gasteiger partial charge in [0.05, 0.1) is 16.3 Å². The highest BCUT2D eigenvalue weighted by molar-refractivity contribution is 7.09. The van der Waals surface area contributed by atoms with Crippen LogP contribution < -0.4 is 11.1 Å². The number of hydrogen-bond donors (Lipinski definition) is 2. The van der Waals surface area contributed by atoms with E-state index in [-0.39, 0.29) is 36.1 Å². The number of nitrogens with zero attached hydrogens (tertiary/aromatic N) is 1. The second-order valence-corrected chi connectivity index (χ2v) is 6.91. The minimum absolute atomic E-state index is 0. The summed E-state index contributed by atoms with van der Waals surface area (Å²) in [4.78, 5) is 16.6. The smallest absolute Gasteiger partial charge is 0.253 e. The normalized spacial score (nSPS) is 10.4. The summed E-state index contributed by atoms with van der Waals surface area (Å²) in [5, 5.41) is 6.02. The maximum absolute atomic E-state index is 12.0. The third kappa shape index (κ3) is 6.01. The van der Waals surface area contributed by atoms with Crippen molar-refractivity contribution in [3.05, 3.63) is 45.9 Å². The lowest BCUT2D eigenvalue weighted by Crippen LogP contribution is -2.26. The standard InChI is InChI=1S/C16H21N3OS.2ClH/c1-16(2,3)13-10-21-14(19-13)8-9-18-15(20)11-6-4-5-7-12(11)17;;/h4-7,10H,8-9,17H2,1-3H3,(H,18,20);2*1H. The first-order chi connectivity index (χ1) is 9.88. The summed E-state index contributed by atoms with van der Waals surface area (Å²) in [5.74, 6) is -0.138. The fourth-order valence-corrected chi connectivity index (χ4v) is 2.88. The number of nitrogens with one attached hydrogen (secondary N) is 1. The number of amides is 1. The maximum atomic E-state index is 12.0. The van der Waals surface area contributed by atoms with E-state index in [0.29, 0.717) is 17.8 Å². The first-order valence-corrected chi connectivity index (χ1v) is 7.83. The van der Waals surface area contributed by atoms with E-state index in [1.165, 1.54) is 0 Å². The molecule has 2 aromatic rings. The lowest BCUT2D eigenvalue weighted by molar-refractivity contribution is 0.0955. The topological polar surface area (TPSA) is 68.0 Å². The zero-order chi connectivity index (χ0) is 15.5. The largest absolute Gasteiger partial charge is 0.398 e. The monoisotopic (exact) mass is 375 g/mol. The lowest BCUT2D eigenvalue weighted by Gasteiger charge is -2.14. The van der Waals surface area contributed by atoms with Gasteiger partial charge in [-0.3, -0.25) is 4.79 Å². The van der Waals surface area contributed by atoms with Crippen LogP contribution in [0.5, 0.6) is 0 Å². The van der Waals surface area contributed by atoms with E-state index in [2.05, 4.69) is 36.5 Å². The van der Waals surface area contributed by atoms with Crippen LogP contribution in [0, 0.1) is 0 Å². The summed E-state index contributed by atoms with van der Waals surface area (Å²) < 4.78 is 0. The van der Waals surface area contributed by atoms with Crippen LogP contribution in [-0.2, 0) is 11.8 Å². The number of nitrogens with two attached hydrogens (primary N) is 1. The molecule has 0 aliphatic rings. The molecule has 0 unspecified atom stereocenters. The third-order valence-corrected chi connectivity index (χ3v) is 4.06. The second kappa shape index (κ2) is 9.11. The van der Waals surface area contributed by atoms with E-state index in [0.717, 1.165) is 17.1 Å². The summed E-state index contributed by atoms with van der Waals surface area (Å²) in [6.07, 6.45) is 0.735. The van der Waals surface area contributed by atoms with Gasteiger partial charge in [0.1, 0.15) is 0 Å². The molecule has 0 radical (unpaired) electrons. The molecule has 2 rings (SSSR count). The lowest BCUT2D eigenvalue weighted by atomic mass is 9.93. The van der Waals surface area contributed by atoms with Crippen LogP contribution in [-0.4, -0.2) is 17.4 Å². The van der Waals surface area contributed by atoms with Gasteiger partial charge in [0.25, 0.3) is 5.91 Å². The minimum atomic E-state index is -0.138. The van der Waals surface area contributed by atoms with Crippen molar-refractivity contribution in [2.24, 2.45) is 0 Å². The zero-order valence-electron chi connectivity index (χ0n) is 13.5. The van der Waals surface area contributed by atoms with Crippen LogP contribution in [0.4, 0.5) is 5.69 Å². The number of carbonyl (C=O) groups is 1. The summed E-state index contributed by atoms with van der Waals surface area (Å²) in [6, 6.07) is 7.08. The van der Waals surface area contributed by atoms with Crippen molar-refractivity contribution in [2.75, 3.05) is 12.3 Å². The molecular formula is C16H23Cl2N3OS. The highest BCUT2D eigenvalue weighted by Crippen LogP contribution is 2.23. The molecule has 1 aromatic carbocycles. The zero-order valence-corrected chi connectivity index (χ0v) is 15.9. The number of rotatable bonds is 4. The Bertz CT molecular complexity index is 638. The van der Waals surface area contributed by atoms with Crippen LogP contribution in [0.2, 0.25) is 0 Å². The Balaban J connectivity index is 0.00000242. The van der Waals surface area contributed by atoms with Crippen molar-refractivity contribution < 1.29 is 4.79 Å². The van der Waals surface area contributed by atoms with Crippen LogP contribution in [0.3, 0.4) is 0 Å². The van der Waals surface area contributed by atoms with Gasteiger partial charge in [0.15, 0.2) is 0 Å². The summed E-state index contributed by atoms with van der Waals surface area (Å²) in [5.41, 5.74) is 7.97. The number of para-hydroxylation sites is 1. The predicted molar refractivity (Wildman–Crippen MR) is 102 cm³/mol. The van der Waals surface area contributed by atoms with Gasteiger partial charge in [-0.15, -0.1) is 36.2 Å². The maximum Gasteiger partial charge on any atom is 0.253 e. The number of carbonyl (C=O) groups excluding carboxylic acids is 1. The molecule has 3 N–H and O–H groups in total. The molecule has 1 heterocycles. The van der Waals surface area contributed by atoms with E-state index in [1.54, 1.807) is 23.5 Å². The van der Waals surface area contributed by atoms with Crippen LogP contribution in [0.15, 0.2) is 29.6 Å². The molecule has 0 spiro atoms. The molecule has 0 atom stereocenters. The van der Waals surface area contributed by atoms with Crippen molar-refractivity contribution in [3.8, 4) is 0 Å². The van der Waals surface area contributed by atoms with E-state index < -0.39 is 0 Å². The van der Waals surface area contributed by atoms with Crippen molar-refractivity contribution in [3.63, 3.8) is 0 Å². The Morgan fingerprint density at radius 1 is 1.26 bits per heavy atom. The van der Waals surface area contributed by atoms with Gasteiger partial charge in [0.2, 0.25) is 0 Å². The predicted octanol–water partition coefficient (Wildman–Crippen LogP) is 3.84. The fraction of sp³-hybridized carbons (Fsp3) is 0.375. The molecule has 0 aliphatic heterocycles. The van der Waals surface area contributed by atoms with Gasteiger partial charge in [0, 0.05) is 29.4 Å². The number of thiazole rings is 1. The Kier molecular flexibility index (Phi) is 8.59. The molecule has 0 saturated heterocycles. The van der Waals surface area contributed by atoms with Gasteiger partial charge in [-0.1, -0.05) is 32.9 Å². The Hall–Kier alpha value is -1.30. The van der Waals surface area contributed by atoms with Crippen LogP contribution in [0.25, 0.3) is 0 Å². The van der Waals surface area contributed by atoms with Crippen molar-refractivity contribution in [2.45, 2.75) is 32.6 Å². The van der Waals surface area contributed by atoms with Crippen LogP contribution >= 0.6 is 36.2 Å². The summed E-state index contributed by atoms with van der Waals surface area (Å²) in [7, 11) is 0. The van der Waals surface area contributed by atoms with Gasteiger partial charge >= 0.3 is 0 Å². The van der Waals surface area contributed by atoms with Gasteiger partial charge in [-0.05, 0) is 12.1 Å². The number of aromatic nitrogens is 1. The highest BCUT2D eigenvalue weighted by atomic mass is 35.5. The molecule has 0 bridgehead atoms. The van der Waals surface area contributed by atoms with Crippen molar-refractivity contribution in [1.29, 1.82) is 0 Å². The summed E-state index contributed by atoms with van der Waals surface area (Å²) >= 11 is 1.64. The first-order valence-electron chi connectivity index (χ1n) is 6.95. The molecule has 7 heteroatoms. The molecule has 128 valence electrons. The highest BCUT2D eigenvalue weighted by Gasteiger charge is 2.17. The van der Waals surface area contributed by atoms with E-state index in [9.17, 15) is 4.79 Å². The van der Waals surface area contributed by atoms with Crippen molar-refractivity contribution >= 4 is 47.7 Å². The average Bonchev–Trinajstić information content (AvgIpc) is 2.88. The average molecular weight is 376 g/mol. The molecule has 0 saturated carbocycles. The number of benzene rings is 1. The molecule has 0 aliphatic carbocycles. The first kappa shape index (κ1) is 21.7. The molecule has 1 amide bonds. The quantitative estimate of drug-likeness (QED) is 0.797. The molecule has 23 heavy (non-hydrogen) atoms. The molecule has 1 aromatic heterocycles. The van der Waals surface area contributed by atoms with E-state index >= 15 is 0 Å². The molecular weight excluding hydrogens is 353 g/mol. The van der Waals surface area contributed by atoms with E-state index in [4.69, 9.17) is 5.73 Å². The number of hydrogen-bond acceptors (Lipinski definition) is 4. The summed E-state index contributed by atoms with van der Waals surface area (Å²) in [6.45, 7) is 6.99. The van der Waals surface area contributed by atoms with Gasteiger partial charge in [-0.2, -0.15) is 0 Å². The fourth-order valence-electron chi connectivity index (χ4n) is 1.85. The van der Waals surface area contributed by atoms with Crippen molar-refractivity contribution in [1.82, 2.24) is 10.3 Å². The number of nitrogen functional groups attached to an aromatic ring is 1. The minimum Gasteiger partial charge on any atom is -0.398 e. The van der Waals surface area contributed by atoms with Gasteiger partial charge in [-0.25, -0.2) is 4.98 Å². The Morgan fingerprint density at radius 2 is 1.91 bits per heavy atom. The molecule has 0 fully saturated rings. The van der Waals surface area contributed by atoms with Crippen LogP contribution in [0.1, 0.15) is 41.8 Å². The van der Waals surface area contributed by atoms with Gasteiger partial charge < -0.3 is 11.1 Å². The Labute approximate surface area is 153 Å². The SMILES string of the molecule is CC(C)(C)c1csc(CCNC(=O)c2ccccc2N)n1.Cl.Cl. The third-order valence-electron chi connectivity index (χ3n) is 3.15. The Morgan fingerprint density at radius 3 is 2.48 bits per heavy atom.